The minimum absolute atomic E-state index is 0.376. The van der Waals surface area contributed by atoms with Gasteiger partial charge in [0.1, 0.15) is 5.75 Å². The van der Waals surface area contributed by atoms with Crippen LogP contribution in [0.15, 0.2) is 18.2 Å². The lowest BCUT2D eigenvalue weighted by atomic mass is 10.1. The van der Waals surface area contributed by atoms with Crippen molar-refractivity contribution in [2.45, 2.75) is 20.4 Å². The second-order valence-corrected chi connectivity index (χ2v) is 3.99. The molecular formula is C13H21NO2. The maximum atomic E-state index is 9.75. The molecule has 0 aromatic heterocycles. The van der Waals surface area contributed by atoms with E-state index in [1.54, 1.807) is 13.2 Å². The number of phenolic OH excluding ortho intramolecular Hbond substituents is 1. The lowest BCUT2D eigenvalue weighted by Crippen LogP contribution is -2.26. The van der Waals surface area contributed by atoms with Crippen LogP contribution in [-0.4, -0.2) is 36.8 Å². The first-order valence-corrected chi connectivity index (χ1v) is 5.67. The molecule has 0 heterocycles. The standard InChI is InChI=1S/C13H21NO2/c1-4-14(7-8-16-3)10-12-9-11(2)5-6-13(12)15/h5-6,9,15H,4,7-8,10H2,1-3H3. The molecule has 1 rings (SSSR count). The number of likely N-dealkylation sites (N-methyl/N-ethyl adjacent to an activating group) is 1. The zero-order valence-corrected chi connectivity index (χ0v) is 10.4. The summed E-state index contributed by atoms with van der Waals surface area (Å²) < 4.78 is 5.06. The van der Waals surface area contributed by atoms with Crippen molar-refractivity contribution >= 4 is 0 Å². The minimum Gasteiger partial charge on any atom is -0.508 e. The second kappa shape index (κ2) is 6.51. The van der Waals surface area contributed by atoms with Crippen molar-refractivity contribution in [1.29, 1.82) is 0 Å². The van der Waals surface area contributed by atoms with Crippen molar-refractivity contribution in [3.63, 3.8) is 0 Å². The Morgan fingerprint density at radius 2 is 2.12 bits per heavy atom. The molecule has 3 nitrogen and oxygen atoms in total. The summed E-state index contributed by atoms with van der Waals surface area (Å²) in [6.07, 6.45) is 0. The van der Waals surface area contributed by atoms with Gasteiger partial charge < -0.3 is 9.84 Å². The summed E-state index contributed by atoms with van der Waals surface area (Å²) in [5.41, 5.74) is 2.16. The fourth-order valence-electron chi connectivity index (χ4n) is 1.65. The largest absolute Gasteiger partial charge is 0.508 e. The minimum atomic E-state index is 0.376. The normalized spacial score (nSPS) is 11.0. The molecule has 0 atom stereocenters. The molecule has 0 saturated heterocycles. The lowest BCUT2D eigenvalue weighted by molar-refractivity contribution is 0.147. The molecule has 0 radical (unpaired) electrons. The average molecular weight is 223 g/mol. The molecular weight excluding hydrogens is 202 g/mol. The van der Waals surface area contributed by atoms with Gasteiger partial charge in [-0.25, -0.2) is 0 Å². The SMILES string of the molecule is CCN(CCOC)Cc1cc(C)ccc1O. The Kier molecular flexibility index (Phi) is 5.29. The fraction of sp³-hybridized carbons (Fsp3) is 0.538. The maximum Gasteiger partial charge on any atom is 0.120 e. The van der Waals surface area contributed by atoms with Crippen LogP contribution < -0.4 is 0 Å². The van der Waals surface area contributed by atoms with Gasteiger partial charge in [-0.05, 0) is 19.5 Å². The van der Waals surface area contributed by atoms with E-state index in [-0.39, 0.29) is 0 Å². The third kappa shape index (κ3) is 3.83. The number of hydrogen-bond acceptors (Lipinski definition) is 3. The van der Waals surface area contributed by atoms with Gasteiger partial charge in [0.2, 0.25) is 0 Å². The van der Waals surface area contributed by atoms with E-state index in [1.165, 1.54) is 5.56 Å². The molecule has 0 amide bonds. The predicted molar refractivity (Wildman–Crippen MR) is 65.7 cm³/mol. The number of rotatable bonds is 6. The van der Waals surface area contributed by atoms with E-state index in [1.807, 2.05) is 19.1 Å². The van der Waals surface area contributed by atoms with Crippen LogP contribution in [0, 0.1) is 6.92 Å². The predicted octanol–water partition coefficient (Wildman–Crippen LogP) is 2.17. The Bertz CT molecular complexity index is 326. The van der Waals surface area contributed by atoms with Gasteiger partial charge in [0.15, 0.2) is 0 Å². The number of benzene rings is 1. The van der Waals surface area contributed by atoms with Gasteiger partial charge in [-0.1, -0.05) is 24.6 Å². The first kappa shape index (κ1) is 13.0. The summed E-state index contributed by atoms with van der Waals surface area (Å²) in [5.74, 6) is 0.376. The number of nitrogens with zero attached hydrogens (tertiary/aromatic N) is 1. The summed E-state index contributed by atoms with van der Waals surface area (Å²) >= 11 is 0. The number of methoxy groups -OCH3 is 1. The maximum absolute atomic E-state index is 9.75. The zero-order valence-electron chi connectivity index (χ0n) is 10.4. The molecule has 0 bridgehead atoms. The van der Waals surface area contributed by atoms with Gasteiger partial charge in [-0.3, -0.25) is 4.90 Å². The number of phenols is 1. The smallest absolute Gasteiger partial charge is 0.120 e. The van der Waals surface area contributed by atoms with E-state index in [4.69, 9.17) is 4.74 Å². The summed E-state index contributed by atoms with van der Waals surface area (Å²) in [4.78, 5) is 2.25. The third-order valence-electron chi connectivity index (χ3n) is 2.69. The highest BCUT2D eigenvalue weighted by Gasteiger charge is 2.07. The first-order valence-electron chi connectivity index (χ1n) is 5.67. The summed E-state index contributed by atoms with van der Waals surface area (Å²) in [6, 6.07) is 5.71. The molecule has 0 spiro atoms. The van der Waals surface area contributed by atoms with E-state index in [9.17, 15) is 5.11 Å². The van der Waals surface area contributed by atoms with E-state index in [2.05, 4.69) is 11.8 Å². The summed E-state index contributed by atoms with van der Waals surface area (Å²) in [6.45, 7) is 7.49. The van der Waals surface area contributed by atoms with Crippen LogP contribution in [0.1, 0.15) is 18.1 Å². The average Bonchev–Trinajstić information content (AvgIpc) is 2.28. The van der Waals surface area contributed by atoms with Crippen LogP contribution >= 0.6 is 0 Å². The van der Waals surface area contributed by atoms with Gasteiger partial charge in [0.25, 0.3) is 0 Å². The molecule has 16 heavy (non-hydrogen) atoms. The molecule has 90 valence electrons. The molecule has 1 N–H and O–H groups in total. The van der Waals surface area contributed by atoms with E-state index >= 15 is 0 Å². The lowest BCUT2D eigenvalue weighted by Gasteiger charge is -2.20. The fourth-order valence-corrected chi connectivity index (χ4v) is 1.65. The van der Waals surface area contributed by atoms with Crippen LogP contribution in [0.3, 0.4) is 0 Å². The van der Waals surface area contributed by atoms with Crippen molar-refractivity contribution in [2.24, 2.45) is 0 Å². The number of aromatic hydroxyl groups is 1. The number of aryl methyl sites for hydroxylation is 1. The van der Waals surface area contributed by atoms with Crippen LogP contribution in [0.25, 0.3) is 0 Å². The van der Waals surface area contributed by atoms with E-state index in [0.717, 1.165) is 31.8 Å². The van der Waals surface area contributed by atoms with Crippen LogP contribution in [0.5, 0.6) is 5.75 Å². The molecule has 1 aromatic rings. The van der Waals surface area contributed by atoms with Gasteiger partial charge >= 0.3 is 0 Å². The monoisotopic (exact) mass is 223 g/mol. The van der Waals surface area contributed by atoms with E-state index < -0.39 is 0 Å². The van der Waals surface area contributed by atoms with Gasteiger partial charge in [0, 0.05) is 25.8 Å². The highest BCUT2D eigenvalue weighted by molar-refractivity contribution is 5.35. The van der Waals surface area contributed by atoms with Crippen molar-refractivity contribution in [1.82, 2.24) is 4.90 Å². The number of ether oxygens (including phenoxy) is 1. The Balaban J connectivity index is 2.65. The second-order valence-electron chi connectivity index (χ2n) is 3.99. The highest BCUT2D eigenvalue weighted by atomic mass is 16.5. The quantitative estimate of drug-likeness (QED) is 0.802. The Morgan fingerprint density at radius 1 is 1.38 bits per heavy atom. The molecule has 0 aliphatic rings. The summed E-state index contributed by atoms with van der Waals surface area (Å²) in [5, 5.41) is 9.75. The van der Waals surface area contributed by atoms with Crippen LogP contribution in [0.4, 0.5) is 0 Å². The van der Waals surface area contributed by atoms with Crippen LogP contribution in [0.2, 0.25) is 0 Å². The van der Waals surface area contributed by atoms with Crippen molar-refractivity contribution in [3.8, 4) is 5.75 Å². The Labute approximate surface area is 97.7 Å². The molecule has 1 aromatic carbocycles. The Hall–Kier alpha value is -1.06. The first-order chi connectivity index (χ1) is 7.67. The number of hydrogen-bond donors (Lipinski definition) is 1. The molecule has 0 fully saturated rings. The molecule has 3 heteroatoms. The summed E-state index contributed by atoms with van der Waals surface area (Å²) in [7, 11) is 1.71. The van der Waals surface area contributed by atoms with E-state index in [0.29, 0.717) is 5.75 Å². The zero-order chi connectivity index (χ0) is 12.0. The van der Waals surface area contributed by atoms with Crippen molar-refractivity contribution < 1.29 is 9.84 Å². The van der Waals surface area contributed by atoms with Crippen LogP contribution in [-0.2, 0) is 11.3 Å². The van der Waals surface area contributed by atoms with Gasteiger partial charge in [-0.15, -0.1) is 0 Å². The van der Waals surface area contributed by atoms with Gasteiger partial charge in [0.05, 0.1) is 6.61 Å². The molecule has 0 aliphatic heterocycles. The molecule has 0 saturated carbocycles. The highest BCUT2D eigenvalue weighted by Crippen LogP contribution is 2.19. The molecule has 0 aliphatic carbocycles. The molecule has 0 unspecified atom stereocenters. The third-order valence-corrected chi connectivity index (χ3v) is 2.69. The topological polar surface area (TPSA) is 32.7 Å². The Morgan fingerprint density at radius 3 is 2.75 bits per heavy atom. The van der Waals surface area contributed by atoms with Crippen molar-refractivity contribution in [2.75, 3.05) is 26.8 Å². The van der Waals surface area contributed by atoms with Crippen molar-refractivity contribution in [3.05, 3.63) is 29.3 Å². The van der Waals surface area contributed by atoms with Gasteiger partial charge in [-0.2, -0.15) is 0 Å².